The van der Waals surface area contributed by atoms with E-state index in [0.717, 1.165) is 19.3 Å². The summed E-state index contributed by atoms with van der Waals surface area (Å²) in [4.78, 5) is 23.3. The van der Waals surface area contributed by atoms with Crippen LogP contribution in [-0.4, -0.2) is 40.8 Å². The first-order valence-electron chi connectivity index (χ1n) is 12.3. The van der Waals surface area contributed by atoms with Crippen LogP contribution in [0.1, 0.15) is 124 Å². The summed E-state index contributed by atoms with van der Waals surface area (Å²) in [5.74, 6) is -0.870. The minimum atomic E-state index is -0.601. The van der Waals surface area contributed by atoms with E-state index in [4.69, 9.17) is 10.5 Å². The molecular weight excluding hydrogens is 380 g/mol. The van der Waals surface area contributed by atoms with Gasteiger partial charge in [-0.2, -0.15) is 0 Å². The summed E-state index contributed by atoms with van der Waals surface area (Å²) in [6, 6.07) is -0.593. The first-order chi connectivity index (χ1) is 14.4. The molecular formula is C24H48N2O4. The topological polar surface area (TPSA) is 92.9 Å². The van der Waals surface area contributed by atoms with Crippen molar-refractivity contribution in [3.05, 3.63) is 0 Å². The minimum Gasteiger partial charge on any atom is -0.459 e. The van der Waals surface area contributed by atoms with Gasteiger partial charge in [-0.25, -0.2) is 5.06 Å². The Morgan fingerprint density at radius 2 is 1.20 bits per heavy atom. The maximum absolute atomic E-state index is 12.1. The molecule has 6 heteroatoms. The van der Waals surface area contributed by atoms with Gasteiger partial charge in [-0.05, 0) is 20.3 Å². The quantitative estimate of drug-likeness (QED) is 0.112. The molecule has 0 bridgehead atoms. The third-order valence-corrected chi connectivity index (χ3v) is 5.80. The maximum atomic E-state index is 12.1. The Labute approximate surface area is 184 Å². The zero-order chi connectivity index (χ0) is 22.6. The fourth-order valence-electron chi connectivity index (χ4n) is 3.54. The van der Waals surface area contributed by atoms with Crippen molar-refractivity contribution in [1.29, 1.82) is 0 Å². The van der Waals surface area contributed by atoms with E-state index >= 15 is 0 Å². The molecule has 3 N–H and O–H groups in total. The number of unbranched alkanes of at least 4 members (excludes halogenated alkanes) is 14. The van der Waals surface area contributed by atoms with E-state index in [1.807, 2.05) is 0 Å². The molecule has 0 aromatic heterocycles. The van der Waals surface area contributed by atoms with E-state index < -0.39 is 18.1 Å². The molecule has 6 nitrogen and oxygen atoms in total. The first-order valence-corrected chi connectivity index (χ1v) is 12.3. The number of hydrogen-bond acceptors (Lipinski definition) is 5. The van der Waals surface area contributed by atoms with Gasteiger partial charge in [-0.1, -0.05) is 96.8 Å². The van der Waals surface area contributed by atoms with E-state index in [9.17, 15) is 14.8 Å². The van der Waals surface area contributed by atoms with Crippen LogP contribution in [0.5, 0.6) is 0 Å². The van der Waals surface area contributed by atoms with Crippen molar-refractivity contribution in [3.8, 4) is 0 Å². The summed E-state index contributed by atoms with van der Waals surface area (Å²) in [5, 5.41) is 10.7. The lowest BCUT2D eigenvalue weighted by molar-refractivity contribution is -0.188. The predicted octanol–water partition coefficient (Wildman–Crippen LogP) is 5.74. The Morgan fingerprint density at radius 1 is 0.800 bits per heavy atom. The number of hydroxylamine groups is 2. The smallest absolute Gasteiger partial charge is 0.320 e. The monoisotopic (exact) mass is 428 g/mol. The maximum Gasteiger partial charge on any atom is 0.320 e. The average Bonchev–Trinajstić information content (AvgIpc) is 2.74. The predicted molar refractivity (Wildman–Crippen MR) is 122 cm³/mol. The van der Waals surface area contributed by atoms with Gasteiger partial charge in [0, 0.05) is 6.42 Å². The molecule has 0 radical (unpaired) electrons. The Hall–Kier alpha value is -1.14. The minimum absolute atomic E-state index is 0.213. The normalized spacial score (nSPS) is 13.1. The van der Waals surface area contributed by atoms with Crippen LogP contribution in [-0.2, 0) is 14.3 Å². The Bertz CT molecular complexity index is 431. The number of rotatable bonds is 20. The molecule has 0 fully saturated rings. The zero-order valence-electron chi connectivity index (χ0n) is 19.9. The highest BCUT2D eigenvalue weighted by atomic mass is 16.6. The van der Waals surface area contributed by atoms with E-state index in [-0.39, 0.29) is 12.5 Å². The second kappa shape index (κ2) is 19.8. The third-order valence-electron chi connectivity index (χ3n) is 5.80. The second-order valence-electron chi connectivity index (χ2n) is 8.58. The van der Waals surface area contributed by atoms with Crippen molar-refractivity contribution >= 4 is 11.9 Å². The number of ether oxygens (including phenoxy) is 1. The molecule has 0 aromatic carbocycles. The van der Waals surface area contributed by atoms with Gasteiger partial charge in [0.25, 0.3) is 0 Å². The molecule has 30 heavy (non-hydrogen) atoms. The van der Waals surface area contributed by atoms with Crippen LogP contribution in [0.4, 0.5) is 0 Å². The molecule has 0 saturated heterocycles. The van der Waals surface area contributed by atoms with Crippen LogP contribution >= 0.6 is 0 Å². The SMILES string of the molecule is CCCCCCCCCCCCCCCCCC(=O)N(O)C(C)C(C)OC(=O)CN. The summed E-state index contributed by atoms with van der Waals surface area (Å²) < 4.78 is 5.05. The molecule has 2 atom stereocenters. The average molecular weight is 429 g/mol. The van der Waals surface area contributed by atoms with E-state index in [1.165, 1.54) is 77.0 Å². The van der Waals surface area contributed by atoms with Crippen molar-refractivity contribution in [2.45, 2.75) is 136 Å². The van der Waals surface area contributed by atoms with Crippen LogP contribution in [0.15, 0.2) is 0 Å². The number of esters is 1. The van der Waals surface area contributed by atoms with Crippen LogP contribution in [0.2, 0.25) is 0 Å². The van der Waals surface area contributed by atoms with Crippen LogP contribution in [0.25, 0.3) is 0 Å². The van der Waals surface area contributed by atoms with Crippen molar-refractivity contribution in [2.75, 3.05) is 6.54 Å². The van der Waals surface area contributed by atoms with Gasteiger partial charge in [-0.15, -0.1) is 0 Å². The lowest BCUT2D eigenvalue weighted by Crippen LogP contribution is -2.44. The van der Waals surface area contributed by atoms with Gasteiger partial charge in [-0.3, -0.25) is 14.8 Å². The Morgan fingerprint density at radius 3 is 1.60 bits per heavy atom. The second-order valence-corrected chi connectivity index (χ2v) is 8.58. The zero-order valence-corrected chi connectivity index (χ0v) is 19.9. The standard InChI is InChI=1S/C24H48N2O4/c1-4-5-6-7-8-9-10-11-12-13-14-15-16-17-18-19-23(27)26(29)21(2)22(3)30-24(28)20-25/h21-22,29H,4-20,25H2,1-3H3. The highest BCUT2D eigenvalue weighted by Gasteiger charge is 2.25. The number of nitrogens with zero attached hydrogens (tertiary/aromatic N) is 1. The van der Waals surface area contributed by atoms with Gasteiger partial charge < -0.3 is 10.5 Å². The van der Waals surface area contributed by atoms with Crippen LogP contribution in [0.3, 0.4) is 0 Å². The van der Waals surface area contributed by atoms with E-state index in [0.29, 0.717) is 11.5 Å². The summed E-state index contributed by atoms with van der Waals surface area (Å²) in [6.45, 7) is 5.34. The summed E-state index contributed by atoms with van der Waals surface area (Å²) in [7, 11) is 0. The number of nitrogens with two attached hydrogens (primary N) is 1. The highest BCUT2D eigenvalue weighted by Crippen LogP contribution is 2.14. The van der Waals surface area contributed by atoms with Crippen molar-refractivity contribution in [3.63, 3.8) is 0 Å². The lowest BCUT2D eigenvalue weighted by atomic mass is 10.0. The fraction of sp³-hybridized carbons (Fsp3) is 0.917. The number of amides is 1. The molecule has 0 rings (SSSR count). The van der Waals surface area contributed by atoms with Crippen molar-refractivity contribution in [1.82, 2.24) is 5.06 Å². The van der Waals surface area contributed by atoms with Gasteiger partial charge >= 0.3 is 5.97 Å². The van der Waals surface area contributed by atoms with Gasteiger partial charge in [0.05, 0.1) is 12.6 Å². The third kappa shape index (κ3) is 15.7. The molecule has 0 spiro atoms. The largest absolute Gasteiger partial charge is 0.459 e. The highest BCUT2D eigenvalue weighted by molar-refractivity contribution is 5.75. The Balaban J connectivity index is 3.54. The molecule has 0 saturated carbocycles. The summed E-state index contributed by atoms with van der Waals surface area (Å²) in [6.07, 6.45) is 18.9. The Kier molecular flexibility index (Phi) is 19.0. The van der Waals surface area contributed by atoms with Crippen LogP contribution < -0.4 is 5.73 Å². The molecule has 0 aliphatic rings. The van der Waals surface area contributed by atoms with E-state index in [1.54, 1.807) is 13.8 Å². The molecule has 0 heterocycles. The summed E-state index contributed by atoms with van der Waals surface area (Å²) >= 11 is 0. The van der Waals surface area contributed by atoms with Gasteiger partial charge in [0.15, 0.2) is 0 Å². The number of carbonyl (C=O) groups is 2. The van der Waals surface area contributed by atoms with Crippen molar-refractivity contribution in [2.24, 2.45) is 5.73 Å². The van der Waals surface area contributed by atoms with Gasteiger partial charge in [0.1, 0.15) is 6.10 Å². The molecule has 2 unspecified atom stereocenters. The number of carbonyl (C=O) groups excluding carboxylic acids is 2. The number of hydrogen-bond donors (Lipinski definition) is 2. The van der Waals surface area contributed by atoms with Gasteiger partial charge in [0.2, 0.25) is 5.91 Å². The van der Waals surface area contributed by atoms with Crippen LogP contribution in [0, 0.1) is 0 Å². The fourth-order valence-corrected chi connectivity index (χ4v) is 3.54. The molecule has 178 valence electrons. The lowest BCUT2D eigenvalue weighted by Gasteiger charge is -2.27. The van der Waals surface area contributed by atoms with E-state index in [2.05, 4.69) is 6.92 Å². The molecule has 0 aromatic rings. The molecule has 0 aliphatic heterocycles. The summed E-state index contributed by atoms with van der Waals surface area (Å²) in [5.41, 5.74) is 5.21. The molecule has 1 amide bonds. The van der Waals surface area contributed by atoms with Crippen molar-refractivity contribution < 1.29 is 19.5 Å². The molecule has 0 aliphatic carbocycles. The first kappa shape index (κ1) is 28.9.